The Hall–Kier alpha value is -3.43. The summed E-state index contributed by atoms with van der Waals surface area (Å²) in [7, 11) is 9.29. The van der Waals surface area contributed by atoms with E-state index in [1.807, 2.05) is 0 Å². The van der Waals surface area contributed by atoms with Gasteiger partial charge in [-0.2, -0.15) is 5.10 Å². The van der Waals surface area contributed by atoms with Crippen LogP contribution in [0.3, 0.4) is 0 Å². The minimum Gasteiger partial charge on any atom is -0.395 e. The van der Waals surface area contributed by atoms with Gasteiger partial charge in [0.05, 0.1) is 11.2 Å². The quantitative estimate of drug-likeness (QED) is 0.337. The Labute approximate surface area is 197 Å². The van der Waals surface area contributed by atoms with E-state index in [1.165, 1.54) is 19.1 Å². The average Bonchev–Trinajstić information content (AvgIpc) is 3.16. The van der Waals surface area contributed by atoms with Crippen LogP contribution in [0.25, 0.3) is 22.0 Å². The van der Waals surface area contributed by atoms with Gasteiger partial charge in [0, 0.05) is 60.1 Å². The summed E-state index contributed by atoms with van der Waals surface area (Å²) in [5.41, 5.74) is 1.05. The highest BCUT2D eigenvalue weighted by atomic mass is 19.1. The molecule has 1 unspecified atom stereocenters. The van der Waals surface area contributed by atoms with Crippen molar-refractivity contribution >= 4 is 25.0 Å². The van der Waals surface area contributed by atoms with Crippen LogP contribution in [0, 0.1) is 11.6 Å². The molecule has 9 heteroatoms. The Balaban J connectivity index is 1.67. The van der Waals surface area contributed by atoms with Gasteiger partial charge in [0.15, 0.2) is 6.29 Å². The smallest absolute Gasteiger partial charge is 0.151 e. The molecule has 1 atom stereocenters. The van der Waals surface area contributed by atoms with Gasteiger partial charge in [-0.1, -0.05) is 12.1 Å². The largest absolute Gasteiger partial charge is 0.395 e. The number of hydrogen-bond acceptors (Lipinski definition) is 5. The molecule has 0 saturated carbocycles. The predicted octanol–water partition coefficient (Wildman–Crippen LogP) is 3.69. The van der Waals surface area contributed by atoms with E-state index in [9.17, 15) is 9.90 Å². The van der Waals surface area contributed by atoms with E-state index in [0.717, 1.165) is 0 Å². The molecule has 4 rings (SSSR count). The van der Waals surface area contributed by atoms with E-state index in [-0.39, 0.29) is 18.7 Å². The van der Waals surface area contributed by atoms with E-state index in [2.05, 4.69) is 10.1 Å². The second-order valence-electron chi connectivity index (χ2n) is 8.62. The van der Waals surface area contributed by atoms with Crippen molar-refractivity contribution in [2.24, 2.45) is 7.05 Å². The lowest BCUT2D eigenvalue weighted by Crippen LogP contribution is -2.21. The third-order valence-corrected chi connectivity index (χ3v) is 5.69. The maximum absolute atomic E-state index is 15.1. The number of benzene rings is 2. The molecule has 0 spiro atoms. The lowest BCUT2D eigenvalue weighted by molar-refractivity contribution is 0.112. The van der Waals surface area contributed by atoms with Crippen LogP contribution < -0.4 is 0 Å². The number of nitrogens with zero attached hydrogens (tertiary/aromatic N) is 4. The number of aromatic nitrogens is 3. The van der Waals surface area contributed by atoms with Gasteiger partial charge >= 0.3 is 0 Å². The Morgan fingerprint density at radius 1 is 1.21 bits per heavy atom. The third-order valence-electron chi connectivity index (χ3n) is 5.69. The van der Waals surface area contributed by atoms with Crippen LogP contribution in [-0.2, 0) is 25.6 Å². The molecule has 2 aromatic heterocycles. The number of aliphatic hydroxyl groups is 1. The number of aryl methyl sites for hydroxylation is 1. The van der Waals surface area contributed by atoms with Crippen LogP contribution >= 0.6 is 0 Å². The van der Waals surface area contributed by atoms with Crippen molar-refractivity contribution < 1.29 is 18.7 Å². The summed E-state index contributed by atoms with van der Waals surface area (Å²) in [5.74, 6) is -1.38. The summed E-state index contributed by atoms with van der Waals surface area (Å²) in [5, 5.41) is 15.3. The van der Waals surface area contributed by atoms with E-state index in [4.69, 9.17) is 7.85 Å². The molecule has 0 aliphatic carbocycles. The van der Waals surface area contributed by atoms with Crippen LogP contribution in [0.4, 0.5) is 8.78 Å². The lowest BCUT2D eigenvalue weighted by atomic mass is 9.76. The van der Waals surface area contributed by atoms with Crippen LogP contribution in [-0.4, -0.2) is 46.0 Å². The summed E-state index contributed by atoms with van der Waals surface area (Å²) < 4.78 is 31.8. The van der Waals surface area contributed by atoms with Crippen LogP contribution in [0.15, 0.2) is 48.8 Å². The van der Waals surface area contributed by atoms with Gasteiger partial charge in [0.25, 0.3) is 0 Å². The molecular weight excluding hydrogens is 437 g/mol. The zero-order valence-electron chi connectivity index (χ0n) is 19.1. The zero-order valence-corrected chi connectivity index (χ0v) is 19.1. The molecule has 2 heterocycles. The first-order valence-corrected chi connectivity index (χ1v) is 10.6. The first-order valence-electron chi connectivity index (χ1n) is 10.6. The Bertz CT molecular complexity index is 1360. The fourth-order valence-corrected chi connectivity index (χ4v) is 4.06. The Morgan fingerprint density at radius 3 is 2.56 bits per heavy atom. The van der Waals surface area contributed by atoms with Gasteiger partial charge in [-0.25, -0.2) is 8.78 Å². The van der Waals surface area contributed by atoms with Gasteiger partial charge in [0.2, 0.25) is 0 Å². The molecule has 172 valence electrons. The van der Waals surface area contributed by atoms with Gasteiger partial charge in [-0.3, -0.25) is 19.4 Å². The van der Waals surface area contributed by atoms with Crippen molar-refractivity contribution in [1.29, 1.82) is 0 Å². The number of carbonyl (C=O) groups is 1. The number of hydrogen-bond donors (Lipinski definition) is 1. The second kappa shape index (κ2) is 9.08. The highest BCUT2D eigenvalue weighted by molar-refractivity contribution is 6.16. The fourth-order valence-electron chi connectivity index (χ4n) is 4.06. The van der Waals surface area contributed by atoms with Gasteiger partial charge < -0.3 is 5.11 Å². The van der Waals surface area contributed by atoms with Crippen molar-refractivity contribution in [3.63, 3.8) is 0 Å². The normalized spacial score (nSPS) is 13.4. The van der Waals surface area contributed by atoms with E-state index < -0.39 is 17.1 Å². The first kappa shape index (κ1) is 23.7. The third kappa shape index (κ3) is 4.62. The molecule has 2 aromatic carbocycles. The van der Waals surface area contributed by atoms with Crippen molar-refractivity contribution in [2.45, 2.75) is 25.5 Å². The standard InChI is InChI=1S/C25H23BF2N4O2/c1-25(26,34)20-7-6-17(18-12-32(3)30-24(18)20)16-9-21(27)19(22(28)10-16)11-31(2)13-23-15(14-33)5-4-8-29-23/h4-10,12,14,34H,11,13H2,1-3H3. The minimum atomic E-state index is -1.62. The lowest BCUT2D eigenvalue weighted by Gasteiger charge is -2.20. The molecule has 34 heavy (non-hydrogen) atoms. The van der Waals surface area contributed by atoms with Gasteiger partial charge in [-0.05, 0) is 49.4 Å². The zero-order chi connectivity index (χ0) is 24.6. The van der Waals surface area contributed by atoms with Crippen LogP contribution in [0.5, 0.6) is 0 Å². The number of fused-ring (bicyclic) bond motifs is 1. The van der Waals surface area contributed by atoms with Gasteiger partial charge in [0.1, 0.15) is 19.5 Å². The number of rotatable bonds is 7. The van der Waals surface area contributed by atoms with Crippen molar-refractivity contribution in [3.05, 3.63) is 82.8 Å². The second-order valence-corrected chi connectivity index (χ2v) is 8.62. The highest BCUT2D eigenvalue weighted by Crippen LogP contribution is 2.35. The Kier molecular flexibility index (Phi) is 6.33. The predicted molar refractivity (Wildman–Crippen MR) is 126 cm³/mol. The molecule has 0 fully saturated rings. The molecule has 0 aliphatic heterocycles. The number of carbonyl (C=O) groups excluding carboxylic acids is 1. The summed E-state index contributed by atoms with van der Waals surface area (Å²) in [6.07, 6.45) is 4.00. The molecule has 0 saturated heterocycles. The number of pyridine rings is 1. The Morgan fingerprint density at radius 2 is 1.91 bits per heavy atom. The summed E-state index contributed by atoms with van der Waals surface area (Å²) in [6.45, 7) is 1.69. The molecular formula is C25H23BF2N4O2. The van der Waals surface area contributed by atoms with Crippen LogP contribution in [0.2, 0.25) is 0 Å². The highest BCUT2D eigenvalue weighted by Gasteiger charge is 2.23. The van der Waals surface area contributed by atoms with E-state index >= 15 is 8.78 Å². The van der Waals surface area contributed by atoms with Crippen molar-refractivity contribution in [3.8, 4) is 11.1 Å². The van der Waals surface area contributed by atoms with Gasteiger partial charge in [-0.15, -0.1) is 0 Å². The number of halogens is 2. The topological polar surface area (TPSA) is 71.2 Å². The fraction of sp³-hybridized carbons (Fsp3) is 0.240. The molecule has 0 amide bonds. The van der Waals surface area contributed by atoms with E-state index in [1.54, 1.807) is 60.3 Å². The SMILES string of the molecule is [B]C(C)(O)c1ccc(-c2cc(F)c(CN(C)Cc3ncccc3C=O)c(F)c2)c2cn(C)nc12. The van der Waals surface area contributed by atoms with Crippen LogP contribution in [0.1, 0.15) is 34.1 Å². The number of aldehydes is 1. The van der Waals surface area contributed by atoms with Crippen molar-refractivity contribution in [2.75, 3.05) is 7.05 Å². The van der Waals surface area contributed by atoms with Crippen molar-refractivity contribution in [1.82, 2.24) is 19.7 Å². The maximum atomic E-state index is 15.1. The molecule has 4 aromatic rings. The summed E-state index contributed by atoms with van der Waals surface area (Å²) in [4.78, 5) is 17.1. The first-order chi connectivity index (χ1) is 16.1. The molecule has 6 nitrogen and oxygen atoms in total. The monoisotopic (exact) mass is 460 g/mol. The molecule has 1 N–H and O–H groups in total. The average molecular weight is 460 g/mol. The summed E-state index contributed by atoms with van der Waals surface area (Å²) >= 11 is 0. The summed E-state index contributed by atoms with van der Waals surface area (Å²) in [6, 6.07) is 9.15. The van der Waals surface area contributed by atoms with E-state index in [0.29, 0.717) is 45.1 Å². The molecule has 0 aliphatic rings. The minimum absolute atomic E-state index is 0.00982. The maximum Gasteiger partial charge on any atom is 0.151 e. The molecule has 2 radical (unpaired) electrons. The molecule has 0 bridgehead atoms.